The van der Waals surface area contributed by atoms with Gasteiger partial charge in [0.1, 0.15) is 0 Å². The smallest absolute Gasteiger partial charge is 0.0491 e. The Labute approximate surface area is 93.9 Å². The molecule has 0 fully saturated rings. The number of hydrogen-bond acceptors (Lipinski definition) is 0. The maximum absolute atomic E-state index is 3.46. The molecule has 0 N–H and O–H groups in total. The molecule has 1 aromatic heterocycles. The summed E-state index contributed by atoms with van der Waals surface area (Å²) in [5, 5.41) is 1.33. The molecule has 0 atom stereocenters. The van der Waals surface area contributed by atoms with E-state index in [4.69, 9.17) is 0 Å². The van der Waals surface area contributed by atoms with E-state index in [1.807, 2.05) is 13.8 Å². The van der Waals surface area contributed by atoms with Gasteiger partial charge in [0.2, 0.25) is 0 Å². The Bertz CT molecular complexity index is 429. The highest BCUT2D eigenvalue weighted by Crippen LogP contribution is 2.23. The Hall–Kier alpha value is -0.760. The van der Waals surface area contributed by atoms with Crippen molar-refractivity contribution in [2.75, 3.05) is 0 Å². The molecule has 0 aliphatic carbocycles. The Balaban J connectivity index is 0.000000461. The van der Waals surface area contributed by atoms with Gasteiger partial charge in [0.15, 0.2) is 0 Å². The van der Waals surface area contributed by atoms with E-state index in [-0.39, 0.29) is 0 Å². The van der Waals surface area contributed by atoms with Gasteiger partial charge in [-0.15, -0.1) is 0 Å². The van der Waals surface area contributed by atoms with E-state index in [0.717, 1.165) is 4.47 Å². The maximum Gasteiger partial charge on any atom is 0.0491 e. The first-order valence-corrected chi connectivity index (χ1v) is 5.69. The summed E-state index contributed by atoms with van der Waals surface area (Å²) in [4.78, 5) is 0. The second-order valence-electron chi connectivity index (χ2n) is 3.08. The molecule has 0 saturated heterocycles. The molecule has 0 saturated carbocycles. The molecule has 76 valence electrons. The van der Waals surface area contributed by atoms with Gasteiger partial charge in [0.05, 0.1) is 0 Å². The van der Waals surface area contributed by atoms with Crippen LogP contribution in [0.4, 0.5) is 0 Å². The number of halogens is 1. The van der Waals surface area contributed by atoms with Crippen molar-refractivity contribution >= 4 is 26.8 Å². The molecule has 0 aliphatic heterocycles. The molecule has 0 bridgehead atoms. The second-order valence-corrected chi connectivity index (χ2v) is 4.00. The average Bonchev–Trinajstić information content (AvgIpc) is 2.46. The van der Waals surface area contributed by atoms with Crippen molar-refractivity contribution in [2.45, 2.75) is 20.8 Å². The van der Waals surface area contributed by atoms with Crippen LogP contribution >= 0.6 is 15.9 Å². The quantitative estimate of drug-likeness (QED) is 0.661. The van der Waals surface area contributed by atoms with Crippen LogP contribution in [-0.4, -0.2) is 4.57 Å². The lowest BCUT2D eigenvalue weighted by molar-refractivity contribution is 0.963. The highest BCUT2D eigenvalue weighted by atomic mass is 79.9. The van der Waals surface area contributed by atoms with Gasteiger partial charge in [-0.05, 0) is 24.6 Å². The Morgan fingerprint density at radius 3 is 2.50 bits per heavy atom. The predicted octanol–water partition coefficient (Wildman–Crippen LogP) is 4.28. The minimum Gasteiger partial charge on any atom is -0.350 e. The molecule has 1 heterocycles. The third kappa shape index (κ3) is 2.01. The Morgan fingerprint density at radius 1 is 1.21 bits per heavy atom. The van der Waals surface area contributed by atoms with E-state index >= 15 is 0 Å². The summed E-state index contributed by atoms with van der Waals surface area (Å²) in [6, 6.07) is 6.37. The SMILES string of the molecule is CC.Cc1cn(C)c2cc(Br)ccc12. The van der Waals surface area contributed by atoms with E-state index < -0.39 is 0 Å². The fourth-order valence-corrected chi connectivity index (χ4v) is 1.91. The number of nitrogens with zero attached hydrogens (tertiary/aromatic N) is 1. The lowest BCUT2D eigenvalue weighted by Crippen LogP contribution is -1.82. The van der Waals surface area contributed by atoms with Crippen molar-refractivity contribution in [3.63, 3.8) is 0 Å². The molecule has 0 spiro atoms. The standard InChI is InChI=1S/C10H10BrN.C2H6/c1-7-6-12(2)10-5-8(11)3-4-9(7)10;1-2/h3-6H,1-2H3;1-2H3. The molecule has 0 radical (unpaired) electrons. The van der Waals surface area contributed by atoms with Crippen LogP contribution in [0.1, 0.15) is 19.4 Å². The van der Waals surface area contributed by atoms with Gasteiger partial charge in [0, 0.05) is 28.6 Å². The summed E-state index contributed by atoms with van der Waals surface area (Å²) >= 11 is 3.46. The second kappa shape index (κ2) is 4.65. The molecule has 0 amide bonds. The Morgan fingerprint density at radius 2 is 1.86 bits per heavy atom. The largest absolute Gasteiger partial charge is 0.350 e. The molecule has 0 aliphatic rings. The lowest BCUT2D eigenvalue weighted by atomic mass is 10.2. The topological polar surface area (TPSA) is 4.93 Å². The van der Waals surface area contributed by atoms with Gasteiger partial charge in [-0.25, -0.2) is 0 Å². The number of hydrogen-bond donors (Lipinski definition) is 0. The van der Waals surface area contributed by atoms with E-state index in [1.54, 1.807) is 0 Å². The fraction of sp³-hybridized carbons (Fsp3) is 0.333. The number of rotatable bonds is 0. The van der Waals surface area contributed by atoms with Crippen LogP contribution in [-0.2, 0) is 7.05 Å². The van der Waals surface area contributed by atoms with Crippen LogP contribution < -0.4 is 0 Å². The van der Waals surface area contributed by atoms with Crippen LogP contribution in [0.25, 0.3) is 10.9 Å². The van der Waals surface area contributed by atoms with Gasteiger partial charge in [-0.1, -0.05) is 35.8 Å². The van der Waals surface area contributed by atoms with E-state index in [0.29, 0.717) is 0 Å². The summed E-state index contributed by atoms with van der Waals surface area (Å²) in [6.07, 6.45) is 2.15. The minimum atomic E-state index is 1.14. The van der Waals surface area contributed by atoms with Gasteiger partial charge in [0.25, 0.3) is 0 Å². The predicted molar refractivity (Wildman–Crippen MR) is 66.7 cm³/mol. The molecule has 2 heteroatoms. The zero-order valence-corrected chi connectivity index (χ0v) is 10.7. The van der Waals surface area contributed by atoms with Crippen molar-refractivity contribution in [3.05, 3.63) is 34.4 Å². The highest BCUT2D eigenvalue weighted by molar-refractivity contribution is 9.10. The van der Waals surface area contributed by atoms with E-state index in [9.17, 15) is 0 Å². The molecule has 1 nitrogen and oxygen atoms in total. The summed E-state index contributed by atoms with van der Waals surface area (Å²) in [7, 11) is 2.07. The van der Waals surface area contributed by atoms with E-state index in [1.165, 1.54) is 16.5 Å². The molecular formula is C12H16BrN. The molecule has 2 rings (SSSR count). The first-order chi connectivity index (χ1) is 6.68. The van der Waals surface area contributed by atoms with Crippen LogP contribution in [0.5, 0.6) is 0 Å². The van der Waals surface area contributed by atoms with Crippen LogP contribution in [0.3, 0.4) is 0 Å². The van der Waals surface area contributed by atoms with Gasteiger partial charge in [-0.2, -0.15) is 0 Å². The van der Waals surface area contributed by atoms with Crippen molar-refractivity contribution in [2.24, 2.45) is 7.05 Å². The minimum absolute atomic E-state index is 1.14. The highest BCUT2D eigenvalue weighted by Gasteiger charge is 2.01. The summed E-state index contributed by atoms with van der Waals surface area (Å²) in [6.45, 7) is 6.14. The van der Waals surface area contributed by atoms with Crippen molar-refractivity contribution < 1.29 is 0 Å². The number of aryl methyl sites for hydroxylation is 2. The van der Waals surface area contributed by atoms with E-state index in [2.05, 4.69) is 58.9 Å². The summed E-state index contributed by atoms with van der Waals surface area (Å²) in [5.41, 5.74) is 2.61. The number of fused-ring (bicyclic) bond motifs is 1. The van der Waals surface area contributed by atoms with Crippen LogP contribution in [0.15, 0.2) is 28.9 Å². The molecule has 2 aromatic rings. The third-order valence-electron chi connectivity index (χ3n) is 2.15. The Kier molecular flexibility index (Phi) is 3.76. The van der Waals surface area contributed by atoms with Gasteiger partial charge < -0.3 is 4.57 Å². The zero-order chi connectivity index (χ0) is 10.7. The number of aromatic nitrogens is 1. The fourth-order valence-electron chi connectivity index (χ4n) is 1.56. The van der Waals surface area contributed by atoms with Crippen LogP contribution in [0, 0.1) is 6.92 Å². The normalized spacial score (nSPS) is 9.79. The average molecular weight is 254 g/mol. The number of benzene rings is 1. The zero-order valence-electron chi connectivity index (χ0n) is 9.13. The third-order valence-corrected chi connectivity index (χ3v) is 2.65. The van der Waals surface area contributed by atoms with Crippen molar-refractivity contribution in [1.82, 2.24) is 4.57 Å². The van der Waals surface area contributed by atoms with Crippen LogP contribution in [0.2, 0.25) is 0 Å². The first kappa shape index (κ1) is 11.3. The molecular weight excluding hydrogens is 238 g/mol. The van der Waals surface area contributed by atoms with Crippen molar-refractivity contribution in [1.29, 1.82) is 0 Å². The molecule has 0 unspecified atom stereocenters. The maximum atomic E-state index is 3.46. The molecule has 14 heavy (non-hydrogen) atoms. The summed E-state index contributed by atoms with van der Waals surface area (Å²) < 4.78 is 3.28. The molecule has 1 aromatic carbocycles. The monoisotopic (exact) mass is 253 g/mol. The van der Waals surface area contributed by atoms with Gasteiger partial charge >= 0.3 is 0 Å². The van der Waals surface area contributed by atoms with Crippen molar-refractivity contribution in [3.8, 4) is 0 Å². The summed E-state index contributed by atoms with van der Waals surface area (Å²) in [5.74, 6) is 0. The first-order valence-electron chi connectivity index (χ1n) is 4.89. The lowest BCUT2D eigenvalue weighted by Gasteiger charge is -1.95. The van der Waals surface area contributed by atoms with Gasteiger partial charge in [-0.3, -0.25) is 0 Å².